The predicted molar refractivity (Wildman–Crippen MR) is 144 cm³/mol. The second-order valence-electron chi connectivity index (χ2n) is 10.3. The summed E-state index contributed by atoms with van der Waals surface area (Å²) in [6, 6.07) is 7.62. The fourth-order valence-electron chi connectivity index (χ4n) is 5.19. The number of nitrogens with one attached hydrogen (secondary N) is 1. The van der Waals surface area contributed by atoms with E-state index in [2.05, 4.69) is 17.2 Å². The summed E-state index contributed by atoms with van der Waals surface area (Å²) >= 11 is 1.64. The first kappa shape index (κ1) is 25.1. The molecular weight excluding hydrogens is 488 g/mol. The average Bonchev–Trinajstić information content (AvgIpc) is 3.31. The lowest BCUT2D eigenvalue weighted by Gasteiger charge is -2.38. The fourth-order valence-corrected chi connectivity index (χ4v) is 6.27. The number of carbonyl (C=O) groups excluding carboxylic acids is 3. The highest BCUT2D eigenvalue weighted by molar-refractivity contribution is 7.18. The zero-order chi connectivity index (χ0) is 26.3. The topological polar surface area (TPSA) is 122 Å². The molecule has 0 saturated carbocycles. The number of nitrogen functional groups attached to an aromatic ring is 1. The number of piperidine rings is 2. The number of nitrogens with zero attached hydrogens (tertiary/aromatic N) is 4. The van der Waals surface area contributed by atoms with Gasteiger partial charge in [-0.05, 0) is 61.4 Å². The minimum atomic E-state index is -0.686. The van der Waals surface area contributed by atoms with E-state index >= 15 is 0 Å². The second-order valence-corrected chi connectivity index (χ2v) is 11.4. The number of hydrogen-bond acceptors (Lipinski definition) is 7. The van der Waals surface area contributed by atoms with Gasteiger partial charge in [0.1, 0.15) is 5.82 Å². The van der Waals surface area contributed by atoms with E-state index in [0.717, 1.165) is 52.2 Å². The number of aromatic nitrogens is 2. The number of carbonyl (C=O) groups is 3. The second kappa shape index (κ2) is 10.1. The van der Waals surface area contributed by atoms with Crippen LogP contribution in [0.15, 0.2) is 30.5 Å². The van der Waals surface area contributed by atoms with Crippen LogP contribution in [0.4, 0.5) is 11.5 Å². The molecule has 2 aromatic heterocycles. The molecule has 2 saturated heterocycles. The Bertz CT molecular complexity index is 1370. The van der Waals surface area contributed by atoms with Crippen molar-refractivity contribution < 1.29 is 14.4 Å². The maximum Gasteiger partial charge on any atom is 0.313 e. The van der Waals surface area contributed by atoms with E-state index in [1.54, 1.807) is 34.1 Å². The Morgan fingerprint density at radius 1 is 1.19 bits per heavy atom. The van der Waals surface area contributed by atoms with Crippen molar-refractivity contribution in [1.82, 2.24) is 19.8 Å². The van der Waals surface area contributed by atoms with Crippen LogP contribution in [0.1, 0.15) is 60.7 Å². The first-order valence-electron chi connectivity index (χ1n) is 12.7. The van der Waals surface area contributed by atoms with Crippen LogP contribution < -0.4 is 11.1 Å². The van der Waals surface area contributed by atoms with Gasteiger partial charge >= 0.3 is 11.8 Å². The Kier molecular flexibility index (Phi) is 6.85. The number of pyridine rings is 1. The summed E-state index contributed by atoms with van der Waals surface area (Å²) in [5, 5.41) is 3.67. The molecular formula is C27H32N6O3S. The largest absolute Gasteiger partial charge is 0.383 e. The highest BCUT2D eigenvalue weighted by Gasteiger charge is 2.35. The van der Waals surface area contributed by atoms with Gasteiger partial charge in [-0.25, -0.2) is 9.97 Å². The van der Waals surface area contributed by atoms with Crippen LogP contribution in [-0.4, -0.2) is 57.6 Å². The molecule has 0 aliphatic carbocycles. The van der Waals surface area contributed by atoms with Gasteiger partial charge in [0.25, 0.3) is 0 Å². The Balaban J connectivity index is 1.37. The number of aryl methyl sites for hydroxylation is 1. The van der Waals surface area contributed by atoms with Crippen LogP contribution in [0.25, 0.3) is 10.2 Å². The van der Waals surface area contributed by atoms with E-state index in [9.17, 15) is 14.4 Å². The van der Waals surface area contributed by atoms with Gasteiger partial charge in [-0.15, -0.1) is 11.3 Å². The first-order chi connectivity index (χ1) is 17.7. The van der Waals surface area contributed by atoms with E-state index in [4.69, 9.17) is 10.7 Å². The van der Waals surface area contributed by atoms with Crippen molar-refractivity contribution in [2.24, 2.45) is 5.92 Å². The van der Waals surface area contributed by atoms with Gasteiger partial charge in [0.05, 0.1) is 33.2 Å². The standard InChI is InChI=1S/C27H32N6O3S/c1-15-4-6-21(33(14-15)27(36)25(35)30-19-10-16(2)24(28)29-13-19)17-5-7-22-20(11-17)31-26(37-22)18-8-9-32(3)23(34)12-18/h5,7,10-11,13,15,18,21H,4,6,8-9,12,14H2,1-3H3,(H2,28,29)(H,30,35)/t15-,18?,21+/m0/s1. The van der Waals surface area contributed by atoms with Crippen molar-refractivity contribution in [3.05, 3.63) is 46.6 Å². The van der Waals surface area contributed by atoms with Crippen LogP contribution in [0, 0.1) is 12.8 Å². The summed E-state index contributed by atoms with van der Waals surface area (Å²) in [4.78, 5) is 50.9. The average molecular weight is 521 g/mol. The number of hydrogen-bond donors (Lipinski definition) is 2. The molecule has 5 rings (SSSR count). The number of nitrogens with two attached hydrogens (primary N) is 1. The summed E-state index contributed by atoms with van der Waals surface area (Å²) in [6.45, 7) is 5.15. The number of amides is 3. The summed E-state index contributed by atoms with van der Waals surface area (Å²) in [6.07, 6.45) is 4.60. The van der Waals surface area contributed by atoms with Crippen molar-refractivity contribution >= 4 is 50.8 Å². The third-order valence-electron chi connectivity index (χ3n) is 7.47. The number of likely N-dealkylation sites (tertiary alicyclic amines) is 2. The molecule has 0 spiro atoms. The smallest absolute Gasteiger partial charge is 0.313 e. The molecule has 0 bridgehead atoms. The minimum Gasteiger partial charge on any atom is -0.383 e. The van der Waals surface area contributed by atoms with Crippen molar-refractivity contribution in [2.45, 2.75) is 51.5 Å². The maximum atomic E-state index is 13.3. The molecule has 3 aromatic rings. The molecule has 194 valence electrons. The van der Waals surface area contributed by atoms with E-state index in [1.807, 2.05) is 25.2 Å². The Morgan fingerprint density at radius 3 is 2.76 bits per heavy atom. The molecule has 3 amide bonds. The normalized spacial score (nSPS) is 22.4. The van der Waals surface area contributed by atoms with E-state index in [-0.39, 0.29) is 17.9 Å². The van der Waals surface area contributed by atoms with Gasteiger partial charge in [0, 0.05) is 32.5 Å². The van der Waals surface area contributed by atoms with E-state index in [0.29, 0.717) is 30.4 Å². The SMILES string of the molecule is Cc1cc(NC(=O)C(=O)N2C[C@@H](C)CC[C@@H]2c2ccc3sc(C4CCN(C)C(=O)C4)nc3c2)cnc1N. The fraction of sp³-hybridized carbons (Fsp3) is 0.444. The van der Waals surface area contributed by atoms with Crippen LogP contribution >= 0.6 is 11.3 Å². The molecule has 10 heteroatoms. The zero-order valence-corrected chi connectivity index (χ0v) is 22.2. The number of anilines is 2. The molecule has 2 aliphatic rings. The van der Waals surface area contributed by atoms with Gasteiger partial charge in [-0.2, -0.15) is 0 Å². The number of thiazole rings is 1. The highest BCUT2D eigenvalue weighted by atomic mass is 32.1. The number of rotatable bonds is 3. The lowest BCUT2D eigenvalue weighted by Crippen LogP contribution is -2.46. The Morgan fingerprint density at radius 2 is 2.00 bits per heavy atom. The molecule has 1 unspecified atom stereocenters. The molecule has 3 atom stereocenters. The minimum absolute atomic E-state index is 0.147. The lowest BCUT2D eigenvalue weighted by atomic mass is 9.89. The molecule has 1 aromatic carbocycles. The van der Waals surface area contributed by atoms with Crippen LogP contribution in [-0.2, 0) is 14.4 Å². The van der Waals surface area contributed by atoms with Gasteiger partial charge in [0.15, 0.2) is 0 Å². The third kappa shape index (κ3) is 5.16. The van der Waals surface area contributed by atoms with Gasteiger partial charge in [-0.3, -0.25) is 14.4 Å². The monoisotopic (exact) mass is 520 g/mol. The van der Waals surface area contributed by atoms with E-state index in [1.165, 1.54) is 6.20 Å². The molecule has 37 heavy (non-hydrogen) atoms. The van der Waals surface area contributed by atoms with Crippen molar-refractivity contribution in [3.8, 4) is 0 Å². The van der Waals surface area contributed by atoms with Crippen molar-refractivity contribution in [2.75, 3.05) is 31.2 Å². The Hall–Kier alpha value is -3.53. The summed E-state index contributed by atoms with van der Waals surface area (Å²) in [7, 11) is 1.84. The van der Waals surface area contributed by atoms with Gasteiger partial charge in [0.2, 0.25) is 5.91 Å². The lowest BCUT2D eigenvalue weighted by molar-refractivity contribution is -0.146. The molecule has 2 fully saturated rings. The molecule has 3 N–H and O–H groups in total. The van der Waals surface area contributed by atoms with Gasteiger partial charge < -0.3 is 20.9 Å². The quantitative estimate of drug-likeness (QED) is 0.506. The maximum absolute atomic E-state index is 13.3. The summed E-state index contributed by atoms with van der Waals surface area (Å²) in [5.74, 6) is -0.260. The molecule has 0 radical (unpaired) electrons. The summed E-state index contributed by atoms with van der Waals surface area (Å²) < 4.78 is 1.07. The third-order valence-corrected chi connectivity index (χ3v) is 8.67. The van der Waals surface area contributed by atoms with Crippen LogP contribution in [0.2, 0.25) is 0 Å². The molecule has 9 nitrogen and oxygen atoms in total. The molecule has 4 heterocycles. The number of benzene rings is 1. The first-order valence-corrected chi connectivity index (χ1v) is 13.5. The zero-order valence-electron chi connectivity index (χ0n) is 21.4. The van der Waals surface area contributed by atoms with Crippen LogP contribution in [0.3, 0.4) is 0 Å². The van der Waals surface area contributed by atoms with Crippen molar-refractivity contribution in [1.29, 1.82) is 0 Å². The predicted octanol–water partition coefficient (Wildman–Crippen LogP) is 3.86. The summed E-state index contributed by atoms with van der Waals surface area (Å²) in [5.41, 5.74) is 8.79. The van der Waals surface area contributed by atoms with Gasteiger partial charge in [-0.1, -0.05) is 13.0 Å². The van der Waals surface area contributed by atoms with E-state index < -0.39 is 11.8 Å². The Labute approximate surface area is 220 Å². The highest BCUT2D eigenvalue weighted by Crippen LogP contribution is 2.38. The molecule has 2 aliphatic heterocycles. The number of fused-ring (bicyclic) bond motifs is 1. The van der Waals surface area contributed by atoms with Crippen LogP contribution in [0.5, 0.6) is 0 Å². The van der Waals surface area contributed by atoms with Crippen molar-refractivity contribution in [3.63, 3.8) is 0 Å².